The van der Waals surface area contributed by atoms with Crippen LogP contribution in [-0.4, -0.2) is 35.5 Å². The number of aryl methyl sites for hydroxylation is 1. The zero-order valence-electron chi connectivity index (χ0n) is 20.4. The number of nitrogen functional groups attached to an aromatic ring is 1. The van der Waals surface area contributed by atoms with Gasteiger partial charge in [-0.2, -0.15) is 0 Å². The van der Waals surface area contributed by atoms with E-state index >= 15 is 0 Å². The maximum Gasteiger partial charge on any atom is 0.236 e. The number of carbonyl (C=O) groups is 1. The Morgan fingerprint density at radius 1 is 1.09 bits per heavy atom. The Hall–Kier alpha value is -3.02. The number of carbonyl (C=O) groups excluding carboxylic acids is 1. The summed E-state index contributed by atoms with van der Waals surface area (Å²) in [6, 6.07) is 20.5. The van der Waals surface area contributed by atoms with Gasteiger partial charge in [0.15, 0.2) is 0 Å². The number of para-hydroxylation sites is 1. The number of amides is 1. The predicted octanol–water partition coefficient (Wildman–Crippen LogP) is 5.45. The number of hydrogen-bond acceptors (Lipinski definition) is 4. The molecule has 5 nitrogen and oxygen atoms in total. The number of phenols is 1. The molecule has 3 aromatic rings. The van der Waals surface area contributed by atoms with Crippen molar-refractivity contribution < 1.29 is 9.90 Å². The van der Waals surface area contributed by atoms with Crippen molar-refractivity contribution in [1.82, 2.24) is 10.2 Å². The van der Waals surface area contributed by atoms with Gasteiger partial charge in [-0.3, -0.25) is 10.1 Å². The lowest BCUT2D eigenvalue weighted by molar-refractivity contribution is -0.131. The number of phenolic OH excluding ortho intramolecular Hbond substituents is 1. The molecule has 0 bridgehead atoms. The van der Waals surface area contributed by atoms with Crippen molar-refractivity contribution in [3.8, 4) is 5.75 Å². The maximum atomic E-state index is 13.2. The fourth-order valence-electron chi connectivity index (χ4n) is 5.15. The molecule has 1 heterocycles. The molecule has 1 atom stereocenters. The van der Waals surface area contributed by atoms with Gasteiger partial charge < -0.3 is 15.7 Å². The third kappa shape index (κ3) is 5.47. The van der Waals surface area contributed by atoms with Gasteiger partial charge in [-0.1, -0.05) is 67.9 Å². The maximum absolute atomic E-state index is 13.2. The number of benzene rings is 3. The number of aromatic hydroxyl groups is 1. The molecular weight excluding hydrogens is 458 g/mol. The Balaban J connectivity index is 1.47. The molecule has 0 aliphatic carbocycles. The smallest absolute Gasteiger partial charge is 0.236 e. The molecule has 1 fully saturated rings. The van der Waals surface area contributed by atoms with Gasteiger partial charge in [-0.05, 0) is 65.6 Å². The normalized spacial score (nSPS) is 16.1. The quantitative estimate of drug-likeness (QED) is 0.384. The average Bonchev–Trinajstić information content (AvgIpc) is 2.87. The first-order valence-corrected chi connectivity index (χ1v) is 12.6. The summed E-state index contributed by atoms with van der Waals surface area (Å²) >= 11 is 6.25. The Kier molecular flexibility index (Phi) is 7.68. The molecule has 1 amide bonds. The van der Waals surface area contributed by atoms with Gasteiger partial charge >= 0.3 is 0 Å². The summed E-state index contributed by atoms with van der Waals surface area (Å²) in [5, 5.41) is 14.4. The number of piperidine rings is 1. The molecule has 0 spiro atoms. The summed E-state index contributed by atoms with van der Waals surface area (Å²) in [5.41, 5.74) is 11.1. The Bertz CT molecular complexity index is 1190. The summed E-state index contributed by atoms with van der Waals surface area (Å²) in [5.74, 6) is 0.178. The molecule has 1 aliphatic rings. The highest BCUT2D eigenvalue weighted by Gasteiger charge is 2.34. The van der Waals surface area contributed by atoms with E-state index in [4.69, 9.17) is 17.3 Å². The van der Waals surface area contributed by atoms with Crippen molar-refractivity contribution >= 4 is 23.2 Å². The van der Waals surface area contributed by atoms with E-state index in [9.17, 15) is 9.90 Å². The highest BCUT2D eigenvalue weighted by molar-refractivity contribution is 6.30. The standard InChI is InChI=1S/C29H34ClN3O2/c1-3-20-8-4-6-10-24(20)29(2)14-16-33(17-15-29)27(35)19-32-28(22-9-5-7-11-26(22)34)23-18-21(30)12-13-25(23)31/h4-13,18,28,32,34H,3,14-17,19,31H2,1-2H3. The van der Waals surface area contributed by atoms with Crippen LogP contribution in [0.3, 0.4) is 0 Å². The second kappa shape index (κ2) is 10.7. The SMILES string of the molecule is CCc1ccccc1C1(C)CCN(C(=O)CNC(c2cc(Cl)ccc2N)c2ccccc2O)CC1. The molecule has 1 unspecified atom stereocenters. The number of nitrogens with one attached hydrogen (secondary N) is 1. The first-order chi connectivity index (χ1) is 16.8. The van der Waals surface area contributed by atoms with Crippen molar-refractivity contribution in [3.05, 3.63) is 94.0 Å². The molecule has 4 N–H and O–H groups in total. The third-order valence-corrected chi connectivity index (χ3v) is 7.57. The van der Waals surface area contributed by atoms with Crippen LogP contribution in [0.2, 0.25) is 5.02 Å². The van der Waals surface area contributed by atoms with Gasteiger partial charge in [0, 0.05) is 29.4 Å². The largest absolute Gasteiger partial charge is 0.508 e. The molecule has 0 saturated carbocycles. The monoisotopic (exact) mass is 491 g/mol. The lowest BCUT2D eigenvalue weighted by Crippen LogP contribution is -2.47. The molecule has 1 saturated heterocycles. The van der Waals surface area contributed by atoms with E-state index in [2.05, 4.69) is 43.4 Å². The van der Waals surface area contributed by atoms with Crippen LogP contribution in [0.1, 0.15) is 55.0 Å². The Morgan fingerprint density at radius 2 is 1.77 bits per heavy atom. The number of hydrogen-bond donors (Lipinski definition) is 3. The van der Waals surface area contributed by atoms with E-state index in [1.54, 1.807) is 30.3 Å². The van der Waals surface area contributed by atoms with Crippen LogP contribution >= 0.6 is 11.6 Å². The summed E-state index contributed by atoms with van der Waals surface area (Å²) in [4.78, 5) is 15.2. The van der Waals surface area contributed by atoms with Crippen LogP contribution in [0.15, 0.2) is 66.7 Å². The zero-order chi connectivity index (χ0) is 25.0. The molecule has 0 radical (unpaired) electrons. The molecule has 4 rings (SSSR count). The minimum absolute atomic E-state index is 0.0387. The van der Waals surface area contributed by atoms with Crippen LogP contribution < -0.4 is 11.1 Å². The molecule has 35 heavy (non-hydrogen) atoms. The van der Waals surface area contributed by atoms with Crippen molar-refractivity contribution in [2.24, 2.45) is 0 Å². The van der Waals surface area contributed by atoms with Crippen LogP contribution in [0.5, 0.6) is 5.75 Å². The molecule has 6 heteroatoms. The van der Waals surface area contributed by atoms with E-state index in [1.807, 2.05) is 17.0 Å². The predicted molar refractivity (Wildman–Crippen MR) is 143 cm³/mol. The van der Waals surface area contributed by atoms with Crippen LogP contribution in [0, 0.1) is 0 Å². The molecule has 184 valence electrons. The number of likely N-dealkylation sites (tertiary alicyclic amines) is 1. The minimum atomic E-state index is -0.467. The van der Waals surface area contributed by atoms with Crippen molar-refractivity contribution in [1.29, 1.82) is 0 Å². The molecule has 0 aromatic heterocycles. The van der Waals surface area contributed by atoms with Crippen molar-refractivity contribution in [2.75, 3.05) is 25.4 Å². The van der Waals surface area contributed by atoms with Gasteiger partial charge in [-0.15, -0.1) is 0 Å². The Labute approximate surface area is 212 Å². The van der Waals surface area contributed by atoms with Crippen LogP contribution in [0.25, 0.3) is 0 Å². The van der Waals surface area contributed by atoms with E-state index in [0.29, 0.717) is 16.3 Å². The van der Waals surface area contributed by atoms with Gasteiger partial charge in [-0.25, -0.2) is 0 Å². The van der Waals surface area contributed by atoms with Crippen LogP contribution in [-0.2, 0) is 16.6 Å². The number of nitrogens with two attached hydrogens (primary N) is 1. The highest BCUT2D eigenvalue weighted by atomic mass is 35.5. The van der Waals surface area contributed by atoms with Crippen molar-refractivity contribution in [2.45, 2.75) is 44.6 Å². The Morgan fingerprint density at radius 3 is 2.49 bits per heavy atom. The molecule has 1 aliphatic heterocycles. The number of halogens is 1. The number of anilines is 1. The minimum Gasteiger partial charge on any atom is -0.508 e. The topological polar surface area (TPSA) is 78.6 Å². The third-order valence-electron chi connectivity index (χ3n) is 7.33. The summed E-state index contributed by atoms with van der Waals surface area (Å²) < 4.78 is 0. The van der Waals surface area contributed by atoms with Gasteiger partial charge in [0.05, 0.1) is 12.6 Å². The van der Waals surface area contributed by atoms with E-state index in [-0.39, 0.29) is 23.6 Å². The molecule has 3 aromatic carbocycles. The lowest BCUT2D eigenvalue weighted by Gasteiger charge is -2.41. The van der Waals surface area contributed by atoms with Gasteiger partial charge in [0.25, 0.3) is 0 Å². The second-order valence-corrected chi connectivity index (χ2v) is 10.0. The fourth-order valence-corrected chi connectivity index (χ4v) is 5.33. The first kappa shape index (κ1) is 25.1. The van der Waals surface area contributed by atoms with Gasteiger partial charge in [0.2, 0.25) is 5.91 Å². The zero-order valence-corrected chi connectivity index (χ0v) is 21.2. The second-order valence-electron chi connectivity index (χ2n) is 9.60. The summed E-state index contributed by atoms with van der Waals surface area (Å²) in [6.07, 6.45) is 2.87. The van der Waals surface area contributed by atoms with Gasteiger partial charge in [0.1, 0.15) is 5.75 Å². The lowest BCUT2D eigenvalue weighted by atomic mass is 9.72. The van der Waals surface area contributed by atoms with Crippen molar-refractivity contribution in [3.63, 3.8) is 0 Å². The van der Waals surface area contributed by atoms with Crippen LogP contribution in [0.4, 0.5) is 5.69 Å². The van der Waals surface area contributed by atoms with E-state index < -0.39 is 6.04 Å². The average molecular weight is 492 g/mol. The first-order valence-electron chi connectivity index (χ1n) is 12.2. The van der Waals surface area contributed by atoms with E-state index in [1.165, 1.54) is 11.1 Å². The highest BCUT2D eigenvalue weighted by Crippen LogP contribution is 2.37. The number of nitrogens with zero attached hydrogens (tertiary/aromatic N) is 1. The summed E-state index contributed by atoms with van der Waals surface area (Å²) in [7, 11) is 0. The number of rotatable bonds is 7. The molecular formula is C29H34ClN3O2. The summed E-state index contributed by atoms with van der Waals surface area (Å²) in [6.45, 7) is 6.08. The fraction of sp³-hybridized carbons (Fsp3) is 0.345. The van der Waals surface area contributed by atoms with E-state index in [0.717, 1.165) is 37.9 Å².